The zero-order valence-electron chi connectivity index (χ0n) is 12.3. The van der Waals surface area contributed by atoms with Crippen molar-refractivity contribution in [3.63, 3.8) is 0 Å². The van der Waals surface area contributed by atoms with E-state index in [9.17, 15) is 0 Å². The largest absolute Gasteiger partial charge is 0.0654 e. The van der Waals surface area contributed by atoms with Crippen molar-refractivity contribution in [2.75, 3.05) is 0 Å². The molecule has 0 saturated carbocycles. The summed E-state index contributed by atoms with van der Waals surface area (Å²) in [6, 6.07) is 0. The van der Waals surface area contributed by atoms with Crippen LogP contribution in [0.3, 0.4) is 0 Å². The van der Waals surface area contributed by atoms with Gasteiger partial charge < -0.3 is 0 Å². The SMILES string of the molecule is [CH2]CCCCCCCCCCCCCCCC. The summed E-state index contributed by atoms with van der Waals surface area (Å²) in [4.78, 5) is 0. The molecule has 0 aromatic rings. The number of hydrogen-bond acceptors (Lipinski definition) is 0. The van der Waals surface area contributed by atoms with Crippen molar-refractivity contribution in [3.05, 3.63) is 6.92 Å². The van der Waals surface area contributed by atoms with Gasteiger partial charge in [-0.05, 0) is 0 Å². The first-order valence-corrected chi connectivity index (χ1v) is 8.21. The van der Waals surface area contributed by atoms with Gasteiger partial charge in [-0.3, -0.25) is 0 Å². The number of hydrogen-bond donors (Lipinski definition) is 0. The van der Waals surface area contributed by atoms with Gasteiger partial charge in [0.15, 0.2) is 0 Å². The van der Waals surface area contributed by atoms with Crippen molar-refractivity contribution in [2.45, 2.75) is 103 Å². The van der Waals surface area contributed by atoms with Crippen LogP contribution in [0.25, 0.3) is 0 Å². The average Bonchev–Trinajstić information content (AvgIpc) is 2.35. The molecule has 0 aromatic heterocycles. The Balaban J connectivity index is 2.85. The van der Waals surface area contributed by atoms with E-state index in [1.54, 1.807) is 0 Å². The minimum Gasteiger partial charge on any atom is -0.0654 e. The second kappa shape index (κ2) is 16.0. The maximum atomic E-state index is 3.88. The van der Waals surface area contributed by atoms with Crippen molar-refractivity contribution in [1.82, 2.24) is 0 Å². The lowest BCUT2D eigenvalue weighted by Crippen LogP contribution is -1.82. The summed E-state index contributed by atoms with van der Waals surface area (Å²) in [7, 11) is 0. The molecule has 0 aliphatic rings. The van der Waals surface area contributed by atoms with Crippen LogP contribution in [-0.4, -0.2) is 0 Å². The molecule has 0 aliphatic carbocycles. The van der Waals surface area contributed by atoms with E-state index in [0.29, 0.717) is 0 Å². The Hall–Kier alpha value is 0. The maximum absolute atomic E-state index is 3.88. The lowest BCUT2D eigenvalue weighted by atomic mass is 10.0. The highest BCUT2D eigenvalue weighted by Gasteiger charge is 1.93. The summed E-state index contributed by atoms with van der Waals surface area (Å²) >= 11 is 0. The lowest BCUT2D eigenvalue weighted by molar-refractivity contribution is 0.536. The summed E-state index contributed by atoms with van der Waals surface area (Å²) in [5, 5.41) is 0. The van der Waals surface area contributed by atoms with Crippen molar-refractivity contribution in [2.24, 2.45) is 0 Å². The molecule has 0 aliphatic heterocycles. The van der Waals surface area contributed by atoms with Crippen molar-refractivity contribution < 1.29 is 0 Å². The fourth-order valence-electron chi connectivity index (χ4n) is 2.37. The van der Waals surface area contributed by atoms with E-state index in [2.05, 4.69) is 13.8 Å². The second-order valence-electron chi connectivity index (χ2n) is 5.45. The minimum absolute atomic E-state index is 1.12. The Kier molecular flexibility index (Phi) is 16.0. The van der Waals surface area contributed by atoms with Crippen LogP contribution in [0.2, 0.25) is 0 Å². The smallest absolute Gasteiger partial charge is 0.0533 e. The van der Waals surface area contributed by atoms with Gasteiger partial charge in [0.25, 0.3) is 0 Å². The predicted molar refractivity (Wildman–Crippen MR) is 80.3 cm³/mol. The molecule has 0 spiro atoms. The molecule has 0 nitrogen and oxygen atoms in total. The summed E-state index contributed by atoms with van der Waals surface area (Å²) < 4.78 is 0. The third-order valence-corrected chi connectivity index (χ3v) is 3.60. The Morgan fingerprint density at radius 1 is 0.471 bits per heavy atom. The highest BCUT2D eigenvalue weighted by Crippen LogP contribution is 2.13. The van der Waals surface area contributed by atoms with Gasteiger partial charge in [0.05, 0.1) is 0 Å². The molecular weight excluding hydrogens is 204 g/mol. The molecule has 0 N–H and O–H groups in total. The van der Waals surface area contributed by atoms with Crippen LogP contribution in [-0.2, 0) is 0 Å². The van der Waals surface area contributed by atoms with Crippen LogP contribution in [0.5, 0.6) is 0 Å². The monoisotopic (exact) mass is 239 g/mol. The second-order valence-corrected chi connectivity index (χ2v) is 5.45. The van der Waals surface area contributed by atoms with Gasteiger partial charge in [0.2, 0.25) is 0 Å². The number of unbranched alkanes of at least 4 members (excludes halogenated alkanes) is 14. The molecule has 1 radical (unpaired) electrons. The van der Waals surface area contributed by atoms with Gasteiger partial charge in [-0.25, -0.2) is 0 Å². The van der Waals surface area contributed by atoms with Crippen molar-refractivity contribution in [3.8, 4) is 0 Å². The molecule has 0 bridgehead atoms. The Morgan fingerprint density at radius 2 is 0.765 bits per heavy atom. The van der Waals surface area contributed by atoms with Crippen LogP contribution in [0.1, 0.15) is 103 Å². The molecule has 0 rings (SSSR count). The molecule has 0 heterocycles. The van der Waals surface area contributed by atoms with Crippen LogP contribution in [0.4, 0.5) is 0 Å². The standard InChI is InChI=1S/C17H35/c1-3-5-7-9-11-13-15-17-16-14-12-10-8-6-4-2/h1,3-17H2,2H3. The van der Waals surface area contributed by atoms with Gasteiger partial charge in [-0.1, -0.05) is 110 Å². The van der Waals surface area contributed by atoms with Crippen molar-refractivity contribution >= 4 is 0 Å². The van der Waals surface area contributed by atoms with E-state index >= 15 is 0 Å². The molecule has 0 heteroatoms. The molecule has 0 unspecified atom stereocenters. The maximum Gasteiger partial charge on any atom is -0.0533 e. The van der Waals surface area contributed by atoms with Gasteiger partial charge in [0.1, 0.15) is 0 Å². The van der Waals surface area contributed by atoms with E-state index in [1.165, 1.54) is 89.9 Å². The lowest BCUT2D eigenvalue weighted by Gasteiger charge is -2.02. The first kappa shape index (κ1) is 17.0. The molecule has 103 valence electrons. The summed E-state index contributed by atoms with van der Waals surface area (Å²) in [6.07, 6.45) is 21.3. The van der Waals surface area contributed by atoms with Crippen molar-refractivity contribution in [1.29, 1.82) is 0 Å². The molecule has 0 atom stereocenters. The molecule has 17 heavy (non-hydrogen) atoms. The summed E-state index contributed by atoms with van der Waals surface area (Å²) in [6.45, 7) is 6.17. The molecule has 0 amide bonds. The van der Waals surface area contributed by atoms with Gasteiger partial charge in [0, 0.05) is 0 Å². The van der Waals surface area contributed by atoms with E-state index in [-0.39, 0.29) is 0 Å². The summed E-state index contributed by atoms with van der Waals surface area (Å²) in [5.41, 5.74) is 0. The van der Waals surface area contributed by atoms with Gasteiger partial charge in [-0.2, -0.15) is 0 Å². The van der Waals surface area contributed by atoms with Crippen LogP contribution in [0.15, 0.2) is 0 Å². The van der Waals surface area contributed by atoms with E-state index in [4.69, 9.17) is 0 Å². The fraction of sp³-hybridized carbons (Fsp3) is 0.941. The summed E-state index contributed by atoms with van der Waals surface area (Å²) in [5.74, 6) is 0. The Morgan fingerprint density at radius 3 is 1.06 bits per heavy atom. The minimum atomic E-state index is 1.12. The zero-order valence-corrected chi connectivity index (χ0v) is 12.3. The molecular formula is C17H35. The molecule has 0 aromatic carbocycles. The third-order valence-electron chi connectivity index (χ3n) is 3.60. The van der Waals surface area contributed by atoms with Crippen LogP contribution in [0, 0.1) is 6.92 Å². The fourth-order valence-corrected chi connectivity index (χ4v) is 2.37. The van der Waals surface area contributed by atoms with Gasteiger partial charge >= 0.3 is 0 Å². The molecule has 0 saturated heterocycles. The molecule has 0 fully saturated rings. The first-order chi connectivity index (χ1) is 8.41. The van der Waals surface area contributed by atoms with Crippen LogP contribution < -0.4 is 0 Å². The predicted octanol–water partition coefficient (Wildman–Crippen LogP) is 6.69. The normalized spacial score (nSPS) is 10.9. The zero-order chi connectivity index (χ0) is 12.6. The quantitative estimate of drug-likeness (QED) is 0.296. The average molecular weight is 239 g/mol. The Labute approximate surface area is 111 Å². The topological polar surface area (TPSA) is 0 Å². The number of rotatable bonds is 14. The van der Waals surface area contributed by atoms with E-state index < -0.39 is 0 Å². The highest BCUT2D eigenvalue weighted by molar-refractivity contribution is 4.49. The van der Waals surface area contributed by atoms with Gasteiger partial charge in [-0.15, -0.1) is 0 Å². The van der Waals surface area contributed by atoms with E-state index in [0.717, 1.165) is 6.42 Å². The third kappa shape index (κ3) is 16.0. The Bertz CT molecular complexity index is 103. The first-order valence-electron chi connectivity index (χ1n) is 8.21. The highest BCUT2D eigenvalue weighted by atomic mass is 14.0. The van der Waals surface area contributed by atoms with Crippen LogP contribution >= 0.6 is 0 Å². The van der Waals surface area contributed by atoms with E-state index in [1.807, 2.05) is 0 Å².